The van der Waals surface area contributed by atoms with Gasteiger partial charge >= 0.3 is 0 Å². The molecule has 1 saturated heterocycles. The second-order valence-corrected chi connectivity index (χ2v) is 7.25. The van der Waals surface area contributed by atoms with Crippen molar-refractivity contribution in [3.05, 3.63) is 42.1 Å². The molecule has 2 aliphatic rings. The van der Waals surface area contributed by atoms with Crippen LogP contribution in [-0.2, 0) is 0 Å². The molecule has 130 valence electrons. The van der Waals surface area contributed by atoms with Crippen LogP contribution in [0.15, 0.2) is 36.4 Å². The van der Waals surface area contributed by atoms with Gasteiger partial charge in [-0.05, 0) is 31.6 Å². The summed E-state index contributed by atoms with van der Waals surface area (Å²) in [7, 11) is 0. The first-order valence-corrected chi connectivity index (χ1v) is 9.19. The SMILES string of the molecule is CC1CCCN(C(=O)c2cc(NC3CC3)nc(-c3ccccc3)n2)C1. The molecule has 5 heteroatoms. The van der Waals surface area contributed by atoms with E-state index in [9.17, 15) is 4.79 Å². The first-order valence-electron chi connectivity index (χ1n) is 9.19. The molecule has 1 aliphatic heterocycles. The van der Waals surface area contributed by atoms with Gasteiger partial charge < -0.3 is 10.2 Å². The Morgan fingerprint density at radius 2 is 1.96 bits per heavy atom. The predicted octanol–water partition coefficient (Wildman–Crippen LogP) is 3.59. The molecule has 0 radical (unpaired) electrons. The molecule has 25 heavy (non-hydrogen) atoms. The fourth-order valence-electron chi connectivity index (χ4n) is 3.32. The van der Waals surface area contributed by atoms with Crippen LogP contribution in [0.5, 0.6) is 0 Å². The van der Waals surface area contributed by atoms with Gasteiger partial charge in [0.15, 0.2) is 5.82 Å². The molecule has 1 atom stereocenters. The van der Waals surface area contributed by atoms with Crippen molar-refractivity contribution in [3.63, 3.8) is 0 Å². The van der Waals surface area contributed by atoms with Gasteiger partial charge in [-0.1, -0.05) is 37.3 Å². The van der Waals surface area contributed by atoms with Crippen molar-refractivity contribution in [1.82, 2.24) is 14.9 Å². The summed E-state index contributed by atoms with van der Waals surface area (Å²) >= 11 is 0. The monoisotopic (exact) mass is 336 g/mol. The predicted molar refractivity (Wildman–Crippen MR) is 98.4 cm³/mol. The standard InChI is InChI=1S/C20H24N4O/c1-14-6-5-11-24(13-14)20(25)17-12-18(21-16-9-10-16)23-19(22-17)15-7-3-2-4-8-15/h2-4,7-8,12,14,16H,5-6,9-11,13H2,1H3,(H,21,22,23). The van der Waals surface area contributed by atoms with Crippen molar-refractivity contribution in [3.8, 4) is 11.4 Å². The molecule has 4 rings (SSSR count). The number of hydrogen-bond donors (Lipinski definition) is 1. The number of carbonyl (C=O) groups excluding carboxylic acids is 1. The van der Waals surface area contributed by atoms with Crippen LogP contribution in [0, 0.1) is 5.92 Å². The van der Waals surface area contributed by atoms with Crippen molar-refractivity contribution in [1.29, 1.82) is 0 Å². The van der Waals surface area contributed by atoms with Crippen LogP contribution in [-0.4, -0.2) is 39.9 Å². The maximum atomic E-state index is 13.0. The number of likely N-dealkylation sites (tertiary alicyclic amines) is 1. The van der Waals surface area contributed by atoms with E-state index in [-0.39, 0.29) is 5.91 Å². The number of amides is 1. The zero-order chi connectivity index (χ0) is 17.2. The molecule has 5 nitrogen and oxygen atoms in total. The first kappa shape index (κ1) is 16.1. The topological polar surface area (TPSA) is 58.1 Å². The highest BCUT2D eigenvalue weighted by Gasteiger charge is 2.26. The van der Waals surface area contributed by atoms with Crippen LogP contribution in [0.25, 0.3) is 11.4 Å². The van der Waals surface area contributed by atoms with Crippen LogP contribution >= 0.6 is 0 Å². The number of nitrogens with one attached hydrogen (secondary N) is 1. The molecule has 2 heterocycles. The van der Waals surface area contributed by atoms with E-state index in [1.807, 2.05) is 41.3 Å². The first-order chi connectivity index (χ1) is 12.2. The van der Waals surface area contributed by atoms with E-state index in [1.54, 1.807) is 0 Å². The van der Waals surface area contributed by atoms with Crippen molar-refractivity contribution < 1.29 is 4.79 Å². The van der Waals surface area contributed by atoms with E-state index in [0.717, 1.165) is 43.7 Å². The zero-order valence-electron chi connectivity index (χ0n) is 14.6. The summed E-state index contributed by atoms with van der Waals surface area (Å²) in [6.07, 6.45) is 4.59. The van der Waals surface area contributed by atoms with Crippen LogP contribution < -0.4 is 5.32 Å². The van der Waals surface area contributed by atoms with Gasteiger partial charge in [0.05, 0.1) is 0 Å². The summed E-state index contributed by atoms with van der Waals surface area (Å²) in [5, 5.41) is 3.41. The van der Waals surface area contributed by atoms with Gasteiger partial charge in [-0.3, -0.25) is 4.79 Å². The quantitative estimate of drug-likeness (QED) is 0.927. The number of piperidine rings is 1. The summed E-state index contributed by atoms with van der Waals surface area (Å²) < 4.78 is 0. The van der Waals surface area contributed by atoms with Gasteiger partial charge in [0, 0.05) is 30.8 Å². The van der Waals surface area contributed by atoms with Crippen molar-refractivity contribution in [2.24, 2.45) is 5.92 Å². The van der Waals surface area contributed by atoms with Gasteiger partial charge in [0.25, 0.3) is 5.91 Å². The van der Waals surface area contributed by atoms with E-state index < -0.39 is 0 Å². The van der Waals surface area contributed by atoms with Crippen LogP contribution in [0.2, 0.25) is 0 Å². The number of aromatic nitrogens is 2. The average molecular weight is 336 g/mol. The minimum absolute atomic E-state index is 0.0185. The Balaban J connectivity index is 1.66. The Labute approximate surface area is 148 Å². The minimum atomic E-state index is 0.0185. The second-order valence-electron chi connectivity index (χ2n) is 7.25. The Hall–Kier alpha value is -2.43. The van der Waals surface area contributed by atoms with Crippen LogP contribution in [0.3, 0.4) is 0 Å². The van der Waals surface area contributed by atoms with Gasteiger partial charge in [-0.15, -0.1) is 0 Å². The molecule has 1 unspecified atom stereocenters. The molecule has 0 spiro atoms. The normalized spacial score (nSPS) is 20.4. The third-order valence-electron chi connectivity index (χ3n) is 4.85. The number of benzene rings is 1. The Kier molecular flexibility index (Phi) is 4.38. The molecular weight excluding hydrogens is 312 g/mol. The molecule has 0 bridgehead atoms. The molecule has 2 fully saturated rings. The summed E-state index contributed by atoms with van der Waals surface area (Å²) in [5.41, 5.74) is 1.43. The largest absolute Gasteiger partial charge is 0.367 e. The molecule has 2 aromatic rings. The van der Waals surface area contributed by atoms with E-state index in [1.165, 1.54) is 6.42 Å². The van der Waals surface area contributed by atoms with Crippen LogP contribution in [0.1, 0.15) is 43.1 Å². The van der Waals surface area contributed by atoms with E-state index in [2.05, 4.69) is 22.2 Å². The molecule has 1 amide bonds. The Morgan fingerprint density at radius 3 is 2.68 bits per heavy atom. The highest BCUT2D eigenvalue weighted by molar-refractivity contribution is 5.93. The molecule has 1 aromatic heterocycles. The van der Waals surface area contributed by atoms with E-state index in [0.29, 0.717) is 23.5 Å². The van der Waals surface area contributed by atoms with Gasteiger partial charge in [-0.2, -0.15) is 0 Å². The Morgan fingerprint density at radius 1 is 1.16 bits per heavy atom. The Bertz CT molecular complexity index is 758. The lowest BCUT2D eigenvalue weighted by atomic mass is 10.00. The smallest absolute Gasteiger partial charge is 0.272 e. The van der Waals surface area contributed by atoms with Crippen LogP contribution in [0.4, 0.5) is 5.82 Å². The van der Waals surface area contributed by atoms with E-state index in [4.69, 9.17) is 0 Å². The summed E-state index contributed by atoms with van der Waals surface area (Å²) in [4.78, 5) is 24.1. The maximum Gasteiger partial charge on any atom is 0.272 e. The number of nitrogens with zero attached hydrogens (tertiary/aromatic N) is 3. The lowest BCUT2D eigenvalue weighted by Crippen LogP contribution is -2.39. The fourth-order valence-corrected chi connectivity index (χ4v) is 3.32. The highest BCUT2D eigenvalue weighted by atomic mass is 16.2. The van der Waals surface area contributed by atoms with Gasteiger partial charge in [0.2, 0.25) is 0 Å². The number of carbonyl (C=O) groups is 1. The van der Waals surface area contributed by atoms with Crippen molar-refractivity contribution in [2.45, 2.75) is 38.6 Å². The second kappa shape index (κ2) is 6.82. The summed E-state index contributed by atoms with van der Waals surface area (Å²) in [5.74, 6) is 1.94. The zero-order valence-corrected chi connectivity index (χ0v) is 14.6. The number of anilines is 1. The third kappa shape index (κ3) is 3.81. The molecular formula is C20H24N4O. The third-order valence-corrected chi connectivity index (χ3v) is 4.85. The van der Waals surface area contributed by atoms with Gasteiger partial charge in [0.1, 0.15) is 11.5 Å². The van der Waals surface area contributed by atoms with Crippen molar-refractivity contribution >= 4 is 11.7 Å². The summed E-state index contributed by atoms with van der Waals surface area (Å²) in [6, 6.07) is 12.2. The lowest BCUT2D eigenvalue weighted by molar-refractivity contribution is 0.0677. The lowest BCUT2D eigenvalue weighted by Gasteiger charge is -2.30. The molecule has 1 saturated carbocycles. The fraction of sp³-hybridized carbons (Fsp3) is 0.450. The molecule has 1 aromatic carbocycles. The molecule has 1 N–H and O–H groups in total. The maximum absolute atomic E-state index is 13.0. The van der Waals surface area contributed by atoms with Crippen molar-refractivity contribution in [2.75, 3.05) is 18.4 Å². The number of hydrogen-bond acceptors (Lipinski definition) is 4. The van der Waals surface area contributed by atoms with E-state index >= 15 is 0 Å². The van der Waals surface area contributed by atoms with Gasteiger partial charge in [-0.25, -0.2) is 9.97 Å². The average Bonchev–Trinajstić information content (AvgIpc) is 3.45. The highest BCUT2D eigenvalue weighted by Crippen LogP contribution is 2.26. The summed E-state index contributed by atoms with van der Waals surface area (Å²) in [6.45, 7) is 3.84. The minimum Gasteiger partial charge on any atom is -0.367 e. The molecule has 1 aliphatic carbocycles. The number of rotatable bonds is 4.